The highest BCUT2D eigenvalue weighted by molar-refractivity contribution is 7.92. The van der Waals surface area contributed by atoms with Crippen molar-refractivity contribution in [1.82, 2.24) is 0 Å². The zero-order valence-corrected chi connectivity index (χ0v) is 18.4. The van der Waals surface area contributed by atoms with Gasteiger partial charge in [0.1, 0.15) is 0 Å². The van der Waals surface area contributed by atoms with E-state index in [1.54, 1.807) is 0 Å². The van der Waals surface area contributed by atoms with Gasteiger partial charge in [0, 0.05) is 17.3 Å². The second-order valence-corrected chi connectivity index (χ2v) is 8.68. The Balaban J connectivity index is 1.78. The molecule has 9 nitrogen and oxygen atoms in total. The van der Waals surface area contributed by atoms with Crippen LogP contribution in [0.25, 0.3) is 0 Å². The molecule has 0 aliphatic carbocycles. The molecule has 0 atom stereocenters. The first kappa shape index (κ1) is 22.8. The number of hydrogen-bond acceptors (Lipinski definition) is 6. The second-order valence-electron chi connectivity index (χ2n) is 6.99. The van der Waals surface area contributed by atoms with Crippen LogP contribution < -0.4 is 14.8 Å². The number of anilines is 2. The number of nitro benzene ring substituents is 1. The molecule has 3 aromatic rings. The van der Waals surface area contributed by atoms with Gasteiger partial charge in [0.2, 0.25) is 0 Å². The minimum atomic E-state index is -3.83. The standard InChI is InChI=1S/C22H21N3O6S/c1-14-5-4-6-15(2)21(14)24-32(29,30)18-10-8-17(9-11-18)23-22(26)16-7-12-20(31-3)19(13-16)25(27)28/h4-13,24H,1-3H3,(H,23,26). The molecule has 0 heterocycles. The number of ether oxygens (including phenoxy) is 1. The molecule has 1 amide bonds. The molecule has 166 valence electrons. The Kier molecular flexibility index (Phi) is 6.45. The van der Waals surface area contributed by atoms with E-state index in [2.05, 4.69) is 10.0 Å². The molecule has 0 saturated carbocycles. The van der Waals surface area contributed by atoms with Crippen molar-refractivity contribution in [3.05, 3.63) is 87.5 Å². The van der Waals surface area contributed by atoms with Crippen LogP contribution in [-0.2, 0) is 10.0 Å². The molecule has 0 radical (unpaired) electrons. The minimum absolute atomic E-state index is 0.0261. The Labute approximate surface area is 185 Å². The average Bonchev–Trinajstić information content (AvgIpc) is 2.76. The Bertz CT molecular complexity index is 1270. The summed E-state index contributed by atoms with van der Waals surface area (Å²) in [6.45, 7) is 3.62. The summed E-state index contributed by atoms with van der Waals surface area (Å²) in [4.78, 5) is 23.0. The third-order valence-corrected chi connectivity index (χ3v) is 6.14. The first-order valence-corrected chi connectivity index (χ1v) is 10.9. The number of benzene rings is 3. The van der Waals surface area contributed by atoms with E-state index in [4.69, 9.17) is 4.74 Å². The summed E-state index contributed by atoms with van der Waals surface area (Å²) in [5.41, 5.74) is 2.17. The normalized spacial score (nSPS) is 11.0. The Hall–Kier alpha value is -3.92. The van der Waals surface area contributed by atoms with Gasteiger partial charge in [0.05, 0.1) is 22.6 Å². The number of rotatable bonds is 7. The summed E-state index contributed by atoms with van der Waals surface area (Å²) in [6, 6.07) is 14.9. The predicted molar refractivity (Wildman–Crippen MR) is 121 cm³/mol. The number of hydrogen-bond donors (Lipinski definition) is 2. The third-order valence-electron chi connectivity index (χ3n) is 4.78. The summed E-state index contributed by atoms with van der Waals surface area (Å²) >= 11 is 0. The highest BCUT2D eigenvalue weighted by Crippen LogP contribution is 2.28. The number of nitrogens with one attached hydrogen (secondary N) is 2. The predicted octanol–water partition coefficient (Wildman–Crippen LogP) is 4.27. The Morgan fingerprint density at radius 1 is 1.00 bits per heavy atom. The van der Waals surface area contributed by atoms with Crippen molar-refractivity contribution < 1.29 is 22.9 Å². The third kappa shape index (κ3) is 4.86. The molecule has 0 aromatic heterocycles. The maximum absolute atomic E-state index is 12.7. The first-order chi connectivity index (χ1) is 15.1. The number of nitrogens with zero attached hydrogens (tertiary/aromatic N) is 1. The number of aryl methyl sites for hydroxylation is 2. The molecule has 0 spiro atoms. The molecule has 0 aliphatic rings. The minimum Gasteiger partial charge on any atom is -0.490 e. The lowest BCUT2D eigenvalue weighted by Crippen LogP contribution is -2.15. The number of carbonyl (C=O) groups excluding carboxylic acids is 1. The molecule has 10 heteroatoms. The molecule has 0 aliphatic heterocycles. The monoisotopic (exact) mass is 455 g/mol. The fourth-order valence-corrected chi connectivity index (χ4v) is 4.27. The van der Waals surface area contributed by atoms with Crippen LogP contribution in [-0.4, -0.2) is 26.4 Å². The van der Waals surface area contributed by atoms with E-state index < -0.39 is 20.9 Å². The van der Waals surface area contributed by atoms with Crippen LogP contribution in [0.4, 0.5) is 17.1 Å². The lowest BCUT2D eigenvalue weighted by molar-refractivity contribution is -0.385. The van der Waals surface area contributed by atoms with Gasteiger partial charge in [-0.05, 0) is 61.4 Å². The van der Waals surface area contributed by atoms with E-state index in [9.17, 15) is 23.3 Å². The molecule has 0 unspecified atom stereocenters. The van der Waals surface area contributed by atoms with Gasteiger partial charge in [-0.25, -0.2) is 8.42 Å². The Morgan fingerprint density at radius 2 is 1.62 bits per heavy atom. The van der Waals surface area contributed by atoms with Gasteiger partial charge >= 0.3 is 5.69 Å². The molecule has 2 N–H and O–H groups in total. The fourth-order valence-electron chi connectivity index (χ4n) is 3.06. The molecule has 0 fully saturated rings. The summed E-state index contributed by atoms with van der Waals surface area (Å²) < 4.78 is 33.0. The maximum Gasteiger partial charge on any atom is 0.311 e. The number of para-hydroxylation sites is 1. The molecule has 3 rings (SSSR count). The van der Waals surface area contributed by atoms with E-state index in [-0.39, 0.29) is 21.9 Å². The van der Waals surface area contributed by atoms with Gasteiger partial charge in [0.25, 0.3) is 15.9 Å². The number of nitro groups is 1. The second kappa shape index (κ2) is 9.06. The van der Waals surface area contributed by atoms with Gasteiger partial charge in [0.15, 0.2) is 5.75 Å². The van der Waals surface area contributed by atoms with E-state index in [1.165, 1.54) is 43.5 Å². The van der Waals surface area contributed by atoms with Gasteiger partial charge < -0.3 is 10.1 Å². The van der Waals surface area contributed by atoms with Crippen molar-refractivity contribution in [1.29, 1.82) is 0 Å². The first-order valence-electron chi connectivity index (χ1n) is 9.45. The number of sulfonamides is 1. The quantitative estimate of drug-likeness (QED) is 0.404. The van der Waals surface area contributed by atoms with E-state index in [0.717, 1.165) is 17.2 Å². The van der Waals surface area contributed by atoms with Gasteiger partial charge in [-0.1, -0.05) is 18.2 Å². The van der Waals surface area contributed by atoms with Crippen molar-refractivity contribution in [2.45, 2.75) is 18.7 Å². The van der Waals surface area contributed by atoms with Crippen LogP contribution in [0.2, 0.25) is 0 Å². The lowest BCUT2D eigenvalue weighted by Gasteiger charge is -2.13. The van der Waals surface area contributed by atoms with Crippen molar-refractivity contribution in [3.63, 3.8) is 0 Å². The molecule has 32 heavy (non-hydrogen) atoms. The highest BCUT2D eigenvalue weighted by Gasteiger charge is 2.19. The summed E-state index contributed by atoms with van der Waals surface area (Å²) in [6.07, 6.45) is 0. The number of amides is 1. The van der Waals surface area contributed by atoms with E-state index in [0.29, 0.717) is 11.4 Å². The highest BCUT2D eigenvalue weighted by atomic mass is 32.2. The smallest absolute Gasteiger partial charge is 0.311 e. The summed E-state index contributed by atoms with van der Waals surface area (Å²) in [7, 11) is -2.53. The average molecular weight is 455 g/mol. The largest absolute Gasteiger partial charge is 0.490 e. The van der Waals surface area contributed by atoms with E-state index in [1.807, 2.05) is 32.0 Å². The Morgan fingerprint density at radius 3 is 2.19 bits per heavy atom. The molecule has 0 bridgehead atoms. The SMILES string of the molecule is COc1ccc(C(=O)Nc2ccc(S(=O)(=O)Nc3c(C)cccc3C)cc2)cc1[N+](=O)[O-]. The zero-order valence-electron chi connectivity index (χ0n) is 17.6. The molecular weight excluding hydrogens is 434 g/mol. The van der Waals surface area contributed by atoms with Gasteiger partial charge in [-0.3, -0.25) is 19.6 Å². The maximum atomic E-state index is 12.7. The van der Waals surface area contributed by atoms with Crippen LogP contribution in [0.1, 0.15) is 21.5 Å². The molecule has 3 aromatic carbocycles. The fraction of sp³-hybridized carbons (Fsp3) is 0.136. The lowest BCUT2D eigenvalue weighted by atomic mass is 10.1. The number of carbonyl (C=O) groups is 1. The van der Waals surface area contributed by atoms with Crippen LogP contribution >= 0.6 is 0 Å². The van der Waals surface area contributed by atoms with Crippen molar-refractivity contribution in [2.24, 2.45) is 0 Å². The van der Waals surface area contributed by atoms with Crippen molar-refractivity contribution in [3.8, 4) is 5.75 Å². The zero-order chi connectivity index (χ0) is 23.5. The van der Waals surface area contributed by atoms with Crippen LogP contribution in [0.3, 0.4) is 0 Å². The van der Waals surface area contributed by atoms with Crippen molar-refractivity contribution in [2.75, 3.05) is 17.1 Å². The van der Waals surface area contributed by atoms with Crippen LogP contribution in [0.5, 0.6) is 5.75 Å². The van der Waals surface area contributed by atoms with Crippen LogP contribution in [0.15, 0.2) is 65.6 Å². The topological polar surface area (TPSA) is 128 Å². The van der Waals surface area contributed by atoms with Crippen LogP contribution in [0, 0.1) is 24.0 Å². The van der Waals surface area contributed by atoms with Gasteiger partial charge in [-0.2, -0.15) is 0 Å². The van der Waals surface area contributed by atoms with E-state index >= 15 is 0 Å². The van der Waals surface area contributed by atoms with Gasteiger partial charge in [-0.15, -0.1) is 0 Å². The molecular formula is C22H21N3O6S. The summed E-state index contributed by atoms with van der Waals surface area (Å²) in [5.74, 6) is -0.544. The molecule has 0 saturated heterocycles. The van der Waals surface area contributed by atoms with Crippen molar-refractivity contribution >= 4 is 33.0 Å². The summed E-state index contributed by atoms with van der Waals surface area (Å²) in [5, 5.41) is 13.7. The number of methoxy groups -OCH3 is 1.